The van der Waals surface area contributed by atoms with Gasteiger partial charge in [0.2, 0.25) is 0 Å². The standard InChI is InChI=1S/C12H17NO3.C8H18NO.BrH/c1-2-3-6-9-16-11-8-5-4-7-10(11)13-12(14)15;1-9(7-8-10)5-3-2-4-6-9;/h4-5,7-8,13H,2-3,6,9H2,1H3,(H,14,15);10H,2-8H2,1H3;1H/q;+1;/p-2. The number of nitrogens with one attached hydrogen (secondary N) is 1. The molecule has 27 heavy (non-hydrogen) atoms. The molecule has 156 valence electrons. The van der Waals surface area contributed by atoms with E-state index in [4.69, 9.17) is 9.84 Å². The highest BCUT2D eigenvalue weighted by atomic mass is 79.9. The van der Waals surface area contributed by atoms with E-state index in [1.165, 1.54) is 32.4 Å². The maximum absolute atomic E-state index is 10.4. The summed E-state index contributed by atoms with van der Waals surface area (Å²) in [6.45, 7) is 6.53. The number of hydrogen-bond donors (Lipinski definition) is 2. The molecule has 1 fully saturated rings. The molecule has 2 N–H and O–H groups in total. The Morgan fingerprint density at radius 3 is 2.48 bits per heavy atom. The predicted octanol–water partition coefficient (Wildman–Crippen LogP) is -0.376. The van der Waals surface area contributed by atoms with E-state index in [9.17, 15) is 9.90 Å². The van der Waals surface area contributed by atoms with Crippen LogP contribution in [0, 0.1) is 0 Å². The average Bonchev–Trinajstić information content (AvgIpc) is 2.61. The number of aliphatic hydroxyl groups is 1. The minimum Gasteiger partial charge on any atom is -1.00 e. The fraction of sp³-hybridized carbons (Fsp3) is 0.650. The summed E-state index contributed by atoms with van der Waals surface area (Å²) in [6, 6.07) is 6.92. The molecule has 1 aromatic carbocycles. The first-order valence-electron chi connectivity index (χ1n) is 9.65. The number of likely N-dealkylation sites (tertiary alicyclic amines) is 1. The molecule has 0 atom stereocenters. The minimum absolute atomic E-state index is 0. The van der Waals surface area contributed by atoms with Crippen LogP contribution in [-0.2, 0) is 0 Å². The third-order valence-electron chi connectivity index (χ3n) is 4.66. The third kappa shape index (κ3) is 11.2. The van der Waals surface area contributed by atoms with E-state index in [0.29, 0.717) is 24.7 Å². The Morgan fingerprint density at radius 2 is 1.89 bits per heavy atom. The fourth-order valence-electron chi connectivity index (χ4n) is 3.08. The second-order valence-electron chi connectivity index (χ2n) is 7.04. The second kappa shape index (κ2) is 14.7. The van der Waals surface area contributed by atoms with Gasteiger partial charge in [0.25, 0.3) is 0 Å². The van der Waals surface area contributed by atoms with E-state index in [0.717, 1.165) is 30.3 Å². The van der Waals surface area contributed by atoms with Crippen molar-refractivity contribution in [2.24, 2.45) is 0 Å². The van der Waals surface area contributed by atoms with E-state index in [1.54, 1.807) is 24.3 Å². The number of halogens is 1. The largest absolute Gasteiger partial charge is 1.00 e. The van der Waals surface area contributed by atoms with Crippen LogP contribution in [0.4, 0.5) is 10.5 Å². The van der Waals surface area contributed by atoms with E-state index >= 15 is 0 Å². The van der Waals surface area contributed by atoms with Crippen LogP contribution in [0.25, 0.3) is 0 Å². The lowest BCUT2D eigenvalue weighted by Crippen LogP contribution is -3.00. The first kappa shape index (κ1) is 25.7. The minimum atomic E-state index is -1.33. The van der Waals surface area contributed by atoms with Gasteiger partial charge in [0.05, 0.1) is 39.0 Å². The number of ether oxygens (including phenoxy) is 1. The zero-order valence-corrected chi connectivity index (χ0v) is 18.2. The number of unbranched alkanes of at least 4 members (excludes halogenated alkanes) is 2. The Hall–Kier alpha value is -1.31. The van der Waals surface area contributed by atoms with Gasteiger partial charge in [-0.25, -0.2) is 0 Å². The number of para-hydroxylation sites is 2. The van der Waals surface area contributed by atoms with Crippen LogP contribution in [0.2, 0.25) is 0 Å². The summed E-state index contributed by atoms with van der Waals surface area (Å²) in [5.41, 5.74) is 0.430. The second-order valence-corrected chi connectivity index (χ2v) is 7.04. The van der Waals surface area contributed by atoms with Crippen LogP contribution in [0.3, 0.4) is 0 Å². The molecule has 7 heteroatoms. The van der Waals surface area contributed by atoms with E-state index in [1.807, 2.05) is 0 Å². The van der Waals surface area contributed by atoms with Crippen LogP contribution in [-0.4, -0.2) is 55.6 Å². The molecule has 1 amide bonds. The van der Waals surface area contributed by atoms with Crippen molar-refractivity contribution in [3.8, 4) is 5.75 Å². The summed E-state index contributed by atoms with van der Waals surface area (Å²) >= 11 is 0. The Balaban J connectivity index is 0.000000531. The van der Waals surface area contributed by atoms with Crippen molar-refractivity contribution in [2.45, 2.75) is 45.4 Å². The molecule has 1 aliphatic rings. The van der Waals surface area contributed by atoms with Gasteiger partial charge < -0.3 is 46.5 Å². The summed E-state index contributed by atoms with van der Waals surface area (Å²) in [6.07, 6.45) is 5.95. The molecule has 1 saturated heterocycles. The summed E-state index contributed by atoms with van der Waals surface area (Å²) in [5.74, 6) is 0.544. The number of nitrogens with zero attached hydrogens (tertiary/aromatic N) is 1. The zero-order chi connectivity index (χ0) is 19.3. The van der Waals surface area contributed by atoms with Gasteiger partial charge >= 0.3 is 0 Å². The topological polar surface area (TPSA) is 81.6 Å². The fourth-order valence-corrected chi connectivity index (χ4v) is 3.08. The van der Waals surface area contributed by atoms with Crippen LogP contribution < -0.4 is 32.1 Å². The van der Waals surface area contributed by atoms with Crippen molar-refractivity contribution < 1.29 is 41.2 Å². The molecule has 0 saturated carbocycles. The number of carbonyl (C=O) groups excluding carboxylic acids is 1. The lowest BCUT2D eigenvalue weighted by Gasteiger charge is -2.37. The van der Waals surface area contributed by atoms with Gasteiger partial charge in [-0.2, -0.15) is 0 Å². The molecule has 0 aromatic heterocycles. The Bertz CT molecular complexity index is 517. The van der Waals surface area contributed by atoms with Gasteiger partial charge in [0.15, 0.2) is 0 Å². The average molecular weight is 446 g/mol. The summed E-state index contributed by atoms with van der Waals surface area (Å²) in [5, 5.41) is 21.4. The van der Waals surface area contributed by atoms with E-state index in [2.05, 4.69) is 19.3 Å². The Labute approximate surface area is 173 Å². The van der Waals surface area contributed by atoms with Gasteiger partial charge in [-0.05, 0) is 37.8 Å². The maximum atomic E-state index is 10.4. The van der Waals surface area contributed by atoms with Crippen LogP contribution in [0.1, 0.15) is 45.4 Å². The normalized spacial score (nSPS) is 14.9. The molecule has 1 aromatic rings. The van der Waals surface area contributed by atoms with Crippen molar-refractivity contribution in [3.63, 3.8) is 0 Å². The first-order chi connectivity index (χ1) is 12.5. The summed E-state index contributed by atoms with van der Waals surface area (Å²) in [4.78, 5) is 10.4. The van der Waals surface area contributed by atoms with Gasteiger partial charge in [-0.15, -0.1) is 0 Å². The Kier molecular flexibility index (Phi) is 14.0. The summed E-state index contributed by atoms with van der Waals surface area (Å²) < 4.78 is 6.58. The number of likely N-dealkylation sites (N-methyl/N-ethyl adjacent to an activating group) is 1. The van der Waals surface area contributed by atoms with Crippen molar-refractivity contribution in [1.29, 1.82) is 0 Å². The van der Waals surface area contributed by atoms with Crippen LogP contribution in [0.5, 0.6) is 5.75 Å². The summed E-state index contributed by atoms with van der Waals surface area (Å²) in [7, 11) is 2.25. The monoisotopic (exact) mass is 445 g/mol. The molecular weight excluding hydrogens is 412 g/mol. The van der Waals surface area contributed by atoms with Crippen molar-refractivity contribution in [2.75, 3.05) is 45.2 Å². The van der Waals surface area contributed by atoms with Crippen molar-refractivity contribution in [1.82, 2.24) is 0 Å². The lowest BCUT2D eigenvalue weighted by molar-refractivity contribution is -0.914. The molecule has 1 aliphatic heterocycles. The SMILES string of the molecule is CCCCCOc1ccccc1NC(=O)[O-].C[N+]1(CCO)CCCCC1.[Br-]. The van der Waals surface area contributed by atoms with Gasteiger partial charge in [0, 0.05) is 0 Å². The van der Waals surface area contributed by atoms with Gasteiger partial charge in [0.1, 0.15) is 18.4 Å². The highest BCUT2D eigenvalue weighted by Crippen LogP contribution is 2.23. The molecule has 0 radical (unpaired) electrons. The highest BCUT2D eigenvalue weighted by molar-refractivity contribution is 5.83. The number of carboxylic acid groups (broad SMARTS) is 1. The van der Waals surface area contributed by atoms with Gasteiger partial charge in [-0.3, -0.25) is 0 Å². The molecule has 1 heterocycles. The number of benzene rings is 1. The number of amides is 1. The number of anilines is 1. The van der Waals surface area contributed by atoms with Crippen LogP contribution >= 0.6 is 0 Å². The lowest BCUT2D eigenvalue weighted by atomic mass is 10.1. The molecule has 0 unspecified atom stereocenters. The maximum Gasteiger partial charge on any atom is 0.142 e. The smallest absolute Gasteiger partial charge is 0.142 e. The molecule has 0 aliphatic carbocycles. The molecule has 0 bridgehead atoms. The quantitative estimate of drug-likeness (QED) is 0.422. The van der Waals surface area contributed by atoms with E-state index < -0.39 is 6.09 Å². The number of aliphatic hydroxyl groups excluding tert-OH is 1. The van der Waals surface area contributed by atoms with Crippen molar-refractivity contribution >= 4 is 11.8 Å². The molecule has 0 spiro atoms. The Morgan fingerprint density at radius 1 is 1.22 bits per heavy atom. The van der Waals surface area contributed by atoms with Gasteiger partial charge in [-0.1, -0.05) is 31.9 Å². The van der Waals surface area contributed by atoms with E-state index in [-0.39, 0.29) is 17.0 Å². The van der Waals surface area contributed by atoms with Crippen molar-refractivity contribution in [3.05, 3.63) is 24.3 Å². The number of quaternary nitrogens is 1. The highest BCUT2D eigenvalue weighted by Gasteiger charge is 2.23. The predicted molar refractivity (Wildman–Crippen MR) is 102 cm³/mol. The molecular formula is C20H34BrN2O4-. The number of hydrogen-bond acceptors (Lipinski definition) is 4. The number of carbonyl (C=O) groups is 1. The third-order valence-corrected chi connectivity index (χ3v) is 4.66. The first-order valence-corrected chi connectivity index (χ1v) is 9.65. The zero-order valence-electron chi connectivity index (χ0n) is 16.6. The number of piperidine rings is 1. The number of rotatable bonds is 8. The molecule has 6 nitrogen and oxygen atoms in total. The van der Waals surface area contributed by atoms with Crippen LogP contribution in [0.15, 0.2) is 24.3 Å². The molecule has 2 rings (SSSR count).